The van der Waals surface area contributed by atoms with E-state index in [-0.39, 0.29) is 5.11 Å². The van der Waals surface area contributed by atoms with E-state index in [1.807, 2.05) is 12.1 Å². The summed E-state index contributed by atoms with van der Waals surface area (Å²) in [7, 11) is 0. The molecule has 3 aromatic carbocycles. The Bertz CT molecular complexity index is 1440. The molecule has 160 valence electrons. The molecule has 9 heteroatoms. The highest BCUT2D eigenvalue weighted by Gasteiger charge is 2.14. The molecular weight excluding hydrogens is 582 g/mol. The average Bonchev–Trinajstić information content (AvgIpc) is 2.75. The van der Waals surface area contributed by atoms with Gasteiger partial charge in [-0.3, -0.25) is 10.1 Å². The summed E-state index contributed by atoms with van der Waals surface area (Å²) in [4.78, 5) is 24.9. The highest BCUT2D eigenvalue weighted by atomic mass is 127. The standard InChI is InChI=1S/C23H13Cl2IN2O3S/c24-18-8-5-13(26)10-17(18)21(29)28-23(32)27-14-6-7-15(19(25)11-14)16-9-12-3-1-2-4-20(12)31-22(16)30/h1-11H,(H2,27,28,29,32). The molecule has 32 heavy (non-hydrogen) atoms. The molecule has 0 spiro atoms. The van der Waals surface area contributed by atoms with Crippen LogP contribution < -0.4 is 16.3 Å². The molecule has 0 unspecified atom stereocenters. The van der Waals surface area contributed by atoms with Crippen LogP contribution in [-0.4, -0.2) is 11.0 Å². The monoisotopic (exact) mass is 594 g/mol. The van der Waals surface area contributed by atoms with Crippen molar-refractivity contribution in [3.05, 3.63) is 96.3 Å². The summed E-state index contributed by atoms with van der Waals surface area (Å²) in [5, 5.41) is 7.03. The fraction of sp³-hybridized carbons (Fsp3) is 0. The molecule has 0 fully saturated rings. The maximum Gasteiger partial charge on any atom is 0.344 e. The van der Waals surface area contributed by atoms with E-state index >= 15 is 0 Å². The maximum atomic E-state index is 12.5. The SMILES string of the molecule is O=C(NC(=S)Nc1ccc(-c2cc3ccccc3oc2=O)c(Cl)c1)c1cc(I)ccc1Cl. The number of thiocarbonyl (C=S) groups is 1. The topological polar surface area (TPSA) is 71.3 Å². The second kappa shape index (κ2) is 9.58. The Morgan fingerprint density at radius 1 is 0.938 bits per heavy atom. The van der Waals surface area contributed by atoms with Crippen molar-refractivity contribution in [1.29, 1.82) is 0 Å². The molecule has 0 bridgehead atoms. The zero-order valence-corrected chi connectivity index (χ0v) is 20.6. The first-order valence-corrected chi connectivity index (χ1v) is 11.5. The van der Waals surface area contributed by atoms with Crippen molar-refractivity contribution in [2.24, 2.45) is 0 Å². The molecule has 0 saturated heterocycles. The molecule has 0 aliphatic carbocycles. The molecule has 1 heterocycles. The smallest absolute Gasteiger partial charge is 0.344 e. The Labute approximate surface area is 211 Å². The molecule has 4 rings (SSSR count). The molecular formula is C23H13Cl2IN2O3S. The van der Waals surface area contributed by atoms with Gasteiger partial charge >= 0.3 is 5.63 Å². The highest BCUT2D eigenvalue weighted by molar-refractivity contribution is 14.1. The summed E-state index contributed by atoms with van der Waals surface area (Å²) in [6.45, 7) is 0. The van der Waals surface area contributed by atoms with Gasteiger partial charge in [0.05, 0.1) is 21.2 Å². The predicted octanol–water partition coefficient (Wildman–Crippen LogP) is 6.50. The summed E-state index contributed by atoms with van der Waals surface area (Å²) >= 11 is 19.9. The summed E-state index contributed by atoms with van der Waals surface area (Å²) in [6, 6.07) is 19.1. The van der Waals surface area contributed by atoms with Crippen molar-refractivity contribution in [3.63, 3.8) is 0 Å². The molecule has 0 aliphatic rings. The second-order valence-corrected chi connectivity index (χ2v) is 9.18. The number of para-hydroxylation sites is 1. The lowest BCUT2D eigenvalue weighted by Gasteiger charge is -2.12. The van der Waals surface area contributed by atoms with Crippen molar-refractivity contribution in [2.45, 2.75) is 0 Å². The fourth-order valence-electron chi connectivity index (χ4n) is 3.07. The van der Waals surface area contributed by atoms with E-state index in [0.29, 0.717) is 38.0 Å². The lowest BCUT2D eigenvalue weighted by Crippen LogP contribution is -2.34. The third kappa shape index (κ3) is 4.96. The minimum Gasteiger partial charge on any atom is -0.422 e. The van der Waals surface area contributed by atoms with Gasteiger partial charge in [-0.25, -0.2) is 4.79 Å². The van der Waals surface area contributed by atoms with E-state index < -0.39 is 11.5 Å². The number of amides is 1. The Kier molecular flexibility index (Phi) is 6.80. The Morgan fingerprint density at radius 2 is 1.72 bits per heavy atom. The number of fused-ring (bicyclic) bond motifs is 1. The molecule has 2 N–H and O–H groups in total. The molecule has 0 aliphatic heterocycles. The lowest BCUT2D eigenvalue weighted by molar-refractivity contribution is 0.0978. The zero-order valence-electron chi connectivity index (χ0n) is 16.1. The van der Waals surface area contributed by atoms with Crippen LogP contribution in [-0.2, 0) is 0 Å². The number of hydrogen-bond donors (Lipinski definition) is 2. The lowest BCUT2D eigenvalue weighted by atomic mass is 10.1. The van der Waals surface area contributed by atoms with Crippen molar-refractivity contribution >= 4 is 85.7 Å². The van der Waals surface area contributed by atoms with Gasteiger partial charge < -0.3 is 9.73 Å². The number of rotatable bonds is 3. The normalized spacial score (nSPS) is 10.7. The third-order valence-corrected chi connectivity index (χ3v) is 6.08. The first-order valence-electron chi connectivity index (χ1n) is 9.22. The van der Waals surface area contributed by atoms with E-state index in [2.05, 4.69) is 33.2 Å². The average molecular weight is 595 g/mol. The van der Waals surface area contributed by atoms with Gasteiger partial charge in [-0.1, -0.05) is 47.5 Å². The molecule has 4 aromatic rings. The van der Waals surface area contributed by atoms with Gasteiger partial charge in [-0.2, -0.15) is 0 Å². The minimum absolute atomic E-state index is 0.0824. The Hall–Kier alpha value is -2.46. The number of carbonyl (C=O) groups is 1. The quantitative estimate of drug-likeness (QED) is 0.161. The van der Waals surface area contributed by atoms with Crippen molar-refractivity contribution in [2.75, 3.05) is 5.32 Å². The Balaban J connectivity index is 1.53. The van der Waals surface area contributed by atoms with Crippen LogP contribution in [0.25, 0.3) is 22.1 Å². The van der Waals surface area contributed by atoms with Crippen LogP contribution in [0.1, 0.15) is 10.4 Å². The number of hydrogen-bond acceptors (Lipinski definition) is 4. The van der Waals surface area contributed by atoms with E-state index in [0.717, 1.165) is 8.96 Å². The minimum atomic E-state index is -0.483. The number of benzene rings is 3. The number of halogens is 3. The van der Waals surface area contributed by atoms with E-state index in [1.165, 1.54) is 0 Å². The van der Waals surface area contributed by atoms with E-state index in [1.54, 1.807) is 54.6 Å². The van der Waals surface area contributed by atoms with Gasteiger partial charge in [0.1, 0.15) is 5.58 Å². The summed E-state index contributed by atoms with van der Waals surface area (Å²) in [5.74, 6) is -0.428. The van der Waals surface area contributed by atoms with Gasteiger partial charge in [-0.05, 0) is 77.3 Å². The maximum absolute atomic E-state index is 12.5. The number of carbonyl (C=O) groups excluding carboxylic acids is 1. The molecule has 0 saturated carbocycles. The van der Waals surface area contributed by atoms with Gasteiger partial charge in [-0.15, -0.1) is 0 Å². The van der Waals surface area contributed by atoms with Gasteiger partial charge in [0.2, 0.25) is 0 Å². The van der Waals surface area contributed by atoms with Crippen LogP contribution in [0.15, 0.2) is 75.9 Å². The van der Waals surface area contributed by atoms with E-state index in [4.69, 9.17) is 39.8 Å². The number of nitrogens with one attached hydrogen (secondary N) is 2. The van der Waals surface area contributed by atoms with Crippen LogP contribution in [0.4, 0.5) is 5.69 Å². The van der Waals surface area contributed by atoms with Gasteiger partial charge in [0, 0.05) is 20.2 Å². The van der Waals surface area contributed by atoms with E-state index in [9.17, 15) is 9.59 Å². The summed E-state index contributed by atoms with van der Waals surface area (Å²) in [5.41, 5.74) is 1.76. The molecule has 0 atom stereocenters. The third-order valence-electron chi connectivity index (χ3n) is 4.56. The first kappa shape index (κ1) is 22.7. The largest absolute Gasteiger partial charge is 0.422 e. The molecule has 5 nitrogen and oxygen atoms in total. The predicted molar refractivity (Wildman–Crippen MR) is 141 cm³/mol. The van der Waals surface area contributed by atoms with Gasteiger partial charge in [0.25, 0.3) is 5.91 Å². The molecule has 0 radical (unpaired) electrons. The van der Waals surface area contributed by atoms with Crippen LogP contribution in [0.2, 0.25) is 10.0 Å². The van der Waals surface area contributed by atoms with Crippen molar-refractivity contribution < 1.29 is 9.21 Å². The van der Waals surface area contributed by atoms with Crippen molar-refractivity contribution in [3.8, 4) is 11.1 Å². The van der Waals surface area contributed by atoms with Gasteiger partial charge in [0.15, 0.2) is 5.11 Å². The van der Waals surface area contributed by atoms with Crippen LogP contribution in [0.5, 0.6) is 0 Å². The first-order chi connectivity index (χ1) is 15.3. The van der Waals surface area contributed by atoms with Crippen molar-refractivity contribution in [1.82, 2.24) is 5.32 Å². The summed E-state index contributed by atoms with van der Waals surface area (Å²) in [6.07, 6.45) is 0. The van der Waals surface area contributed by atoms with Crippen LogP contribution in [0, 0.1) is 3.57 Å². The number of anilines is 1. The zero-order chi connectivity index (χ0) is 22.8. The van der Waals surface area contributed by atoms with Crippen LogP contribution >= 0.6 is 58.0 Å². The molecule has 1 amide bonds. The second-order valence-electron chi connectivity index (χ2n) is 6.71. The Morgan fingerprint density at radius 3 is 2.50 bits per heavy atom. The summed E-state index contributed by atoms with van der Waals surface area (Å²) < 4.78 is 6.26. The van der Waals surface area contributed by atoms with Crippen LogP contribution in [0.3, 0.4) is 0 Å². The highest BCUT2D eigenvalue weighted by Crippen LogP contribution is 2.30. The molecule has 1 aromatic heterocycles. The fourth-order valence-corrected chi connectivity index (χ4v) is 4.25.